The van der Waals surface area contributed by atoms with E-state index in [-0.39, 0.29) is 0 Å². The summed E-state index contributed by atoms with van der Waals surface area (Å²) in [6.07, 6.45) is 6.33. The lowest BCUT2D eigenvalue weighted by Crippen LogP contribution is -2.30. The highest BCUT2D eigenvalue weighted by Crippen LogP contribution is 2.33. The Bertz CT molecular complexity index is 716. The second-order valence-corrected chi connectivity index (χ2v) is 6.46. The van der Waals surface area contributed by atoms with Gasteiger partial charge in [-0.1, -0.05) is 12.1 Å². The number of nitrogens with zero attached hydrogens (tertiary/aromatic N) is 3. The third-order valence-corrected chi connectivity index (χ3v) is 4.65. The Morgan fingerprint density at radius 3 is 2.80 bits per heavy atom. The van der Waals surface area contributed by atoms with Crippen LogP contribution in [0.25, 0.3) is 0 Å². The summed E-state index contributed by atoms with van der Waals surface area (Å²) in [6.45, 7) is 4.19. The van der Waals surface area contributed by atoms with Crippen molar-refractivity contribution in [2.45, 2.75) is 32.2 Å². The van der Waals surface area contributed by atoms with Crippen molar-refractivity contribution in [3.63, 3.8) is 0 Å². The van der Waals surface area contributed by atoms with Gasteiger partial charge in [-0.25, -0.2) is 9.97 Å². The van der Waals surface area contributed by atoms with E-state index >= 15 is 0 Å². The maximum absolute atomic E-state index is 5.88. The number of para-hydroxylation sites is 1. The Morgan fingerprint density at radius 2 is 1.88 bits per heavy atom. The van der Waals surface area contributed by atoms with Gasteiger partial charge in [-0.3, -0.25) is 0 Å². The van der Waals surface area contributed by atoms with E-state index < -0.39 is 0 Å². The van der Waals surface area contributed by atoms with E-state index in [1.165, 1.54) is 19.3 Å². The highest BCUT2D eigenvalue weighted by Gasteiger charge is 2.15. The van der Waals surface area contributed by atoms with Gasteiger partial charge >= 0.3 is 0 Å². The predicted octanol–water partition coefficient (Wildman–Crippen LogP) is 3.24. The van der Waals surface area contributed by atoms with Gasteiger partial charge in [0, 0.05) is 37.7 Å². The molecule has 6 heteroatoms. The van der Waals surface area contributed by atoms with Crippen LogP contribution in [0.1, 0.15) is 31.2 Å². The summed E-state index contributed by atoms with van der Waals surface area (Å²) >= 11 is 0. The number of nitrogens with one attached hydrogen (secondary N) is 1. The molecule has 1 aromatic heterocycles. The second-order valence-electron chi connectivity index (χ2n) is 6.46. The number of fused-ring (bicyclic) bond motifs is 1. The van der Waals surface area contributed by atoms with Gasteiger partial charge in [0.1, 0.15) is 18.0 Å². The molecule has 2 aromatic rings. The zero-order valence-electron chi connectivity index (χ0n) is 14.4. The molecule has 1 fully saturated rings. The Kier molecular flexibility index (Phi) is 4.86. The molecule has 0 amide bonds. The van der Waals surface area contributed by atoms with Crippen molar-refractivity contribution in [2.75, 3.05) is 36.5 Å². The van der Waals surface area contributed by atoms with E-state index in [1.807, 2.05) is 18.2 Å². The molecule has 0 aliphatic carbocycles. The van der Waals surface area contributed by atoms with Gasteiger partial charge in [0.2, 0.25) is 0 Å². The molecule has 0 saturated carbocycles. The Labute approximate surface area is 148 Å². The van der Waals surface area contributed by atoms with Crippen molar-refractivity contribution >= 4 is 11.6 Å². The number of hydrogen-bond donors (Lipinski definition) is 1. The maximum Gasteiger partial charge on any atom is 0.166 e. The molecule has 4 rings (SSSR count). The summed E-state index contributed by atoms with van der Waals surface area (Å²) in [5.74, 6) is 3.51. The van der Waals surface area contributed by atoms with Crippen LogP contribution in [-0.2, 0) is 6.54 Å². The lowest BCUT2D eigenvalue weighted by molar-refractivity contribution is 0.296. The first-order valence-electron chi connectivity index (χ1n) is 9.08. The average Bonchev–Trinajstić information content (AvgIpc) is 2.93. The van der Waals surface area contributed by atoms with Crippen molar-refractivity contribution in [1.82, 2.24) is 9.97 Å². The summed E-state index contributed by atoms with van der Waals surface area (Å²) in [5, 5.41) is 3.40. The van der Waals surface area contributed by atoms with Gasteiger partial charge in [-0.05, 0) is 25.3 Å². The molecule has 0 spiro atoms. The van der Waals surface area contributed by atoms with Gasteiger partial charge in [0.15, 0.2) is 11.5 Å². The van der Waals surface area contributed by atoms with Gasteiger partial charge in [-0.2, -0.15) is 0 Å². The largest absolute Gasteiger partial charge is 0.490 e. The molecule has 0 radical (unpaired) electrons. The Hall–Kier alpha value is -2.50. The average molecular weight is 340 g/mol. The fraction of sp³-hybridized carbons (Fsp3) is 0.474. The van der Waals surface area contributed by atoms with Crippen LogP contribution in [-0.4, -0.2) is 36.3 Å². The summed E-state index contributed by atoms with van der Waals surface area (Å²) in [6, 6.07) is 8.06. The molecule has 3 heterocycles. The first-order chi connectivity index (χ1) is 12.4. The summed E-state index contributed by atoms with van der Waals surface area (Å²) in [7, 11) is 0. The molecule has 1 saturated heterocycles. The highest BCUT2D eigenvalue weighted by molar-refractivity contribution is 5.51. The third kappa shape index (κ3) is 3.78. The molecular weight excluding hydrogens is 316 g/mol. The molecular formula is C19H24N4O2. The number of hydrogen-bond acceptors (Lipinski definition) is 6. The van der Waals surface area contributed by atoms with E-state index in [1.54, 1.807) is 6.33 Å². The van der Waals surface area contributed by atoms with Gasteiger partial charge < -0.3 is 19.7 Å². The topological polar surface area (TPSA) is 59.5 Å². The summed E-state index contributed by atoms with van der Waals surface area (Å²) in [5.41, 5.74) is 1.08. The van der Waals surface area contributed by atoms with Crippen molar-refractivity contribution in [1.29, 1.82) is 0 Å². The monoisotopic (exact) mass is 340 g/mol. The predicted molar refractivity (Wildman–Crippen MR) is 97.5 cm³/mol. The summed E-state index contributed by atoms with van der Waals surface area (Å²) < 4.78 is 11.6. The molecule has 2 aliphatic rings. The van der Waals surface area contributed by atoms with Crippen molar-refractivity contribution in [3.05, 3.63) is 36.2 Å². The van der Waals surface area contributed by atoms with Crippen LogP contribution in [0.2, 0.25) is 0 Å². The number of ether oxygens (including phenoxy) is 2. The van der Waals surface area contributed by atoms with Crippen molar-refractivity contribution in [2.24, 2.45) is 0 Å². The van der Waals surface area contributed by atoms with E-state index in [2.05, 4.69) is 26.3 Å². The normalized spacial score (nSPS) is 17.0. The highest BCUT2D eigenvalue weighted by atomic mass is 16.5. The molecule has 0 unspecified atom stereocenters. The number of benzene rings is 1. The van der Waals surface area contributed by atoms with E-state index in [4.69, 9.17) is 9.47 Å². The zero-order valence-corrected chi connectivity index (χ0v) is 14.4. The van der Waals surface area contributed by atoms with Crippen LogP contribution in [0, 0.1) is 0 Å². The van der Waals surface area contributed by atoms with Gasteiger partial charge in [0.05, 0.1) is 13.2 Å². The van der Waals surface area contributed by atoms with E-state index in [0.717, 1.165) is 48.2 Å². The standard InChI is InChI=1S/C19H24N4O2/c1-2-8-23(9-3-1)18-12-17(21-14-22-18)20-13-15-6-4-7-16-19(15)25-11-5-10-24-16/h4,6-7,12,14H,1-3,5,8-11,13H2,(H,20,21,22). The van der Waals surface area contributed by atoms with Crippen LogP contribution in [0.3, 0.4) is 0 Å². The van der Waals surface area contributed by atoms with Crippen molar-refractivity contribution < 1.29 is 9.47 Å². The van der Waals surface area contributed by atoms with Gasteiger partial charge in [-0.15, -0.1) is 0 Å². The van der Waals surface area contributed by atoms with Crippen LogP contribution in [0.5, 0.6) is 11.5 Å². The molecule has 1 aromatic carbocycles. The minimum atomic E-state index is 0.642. The molecule has 2 aliphatic heterocycles. The molecule has 25 heavy (non-hydrogen) atoms. The van der Waals surface area contributed by atoms with Crippen LogP contribution in [0.15, 0.2) is 30.6 Å². The lowest BCUT2D eigenvalue weighted by atomic mass is 10.1. The third-order valence-electron chi connectivity index (χ3n) is 4.65. The minimum absolute atomic E-state index is 0.642. The lowest BCUT2D eigenvalue weighted by Gasteiger charge is -2.27. The van der Waals surface area contributed by atoms with Crippen LogP contribution < -0.4 is 19.7 Å². The number of anilines is 2. The SMILES string of the molecule is c1cc(CNc2cc(N3CCCCC3)ncn2)c2c(c1)OCCCO2. The second kappa shape index (κ2) is 7.59. The van der Waals surface area contributed by atoms with E-state index in [0.29, 0.717) is 19.8 Å². The van der Waals surface area contributed by atoms with Crippen molar-refractivity contribution in [3.8, 4) is 11.5 Å². The smallest absolute Gasteiger partial charge is 0.166 e. The van der Waals surface area contributed by atoms with Gasteiger partial charge in [0.25, 0.3) is 0 Å². The first kappa shape index (κ1) is 16.0. The van der Waals surface area contributed by atoms with E-state index in [9.17, 15) is 0 Å². The zero-order chi connectivity index (χ0) is 16.9. The Balaban J connectivity index is 1.47. The minimum Gasteiger partial charge on any atom is -0.490 e. The quantitative estimate of drug-likeness (QED) is 0.922. The molecule has 6 nitrogen and oxygen atoms in total. The number of rotatable bonds is 4. The first-order valence-corrected chi connectivity index (χ1v) is 9.08. The number of aromatic nitrogens is 2. The maximum atomic E-state index is 5.88. The fourth-order valence-corrected chi connectivity index (χ4v) is 3.32. The van der Waals surface area contributed by atoms with Crippen LogP contribution in [0.4, 0.5) is 11.6 Å². The fourth-order valence-electron chi connectivity index (χ4n) is 3.32. The molecule has 0 atom stereocenters. The number of piperidine rings is 1. The molecule has 1 N–H and O–H groups in total. The van der Waals surface area contributed by atoms with Crippen LogP contribution >= 0.6 is 0 Å². The molecule has 132 valence electrons. The molecule has 0 bridgehead atoms. The summed E-state index contributed by atoms with van der Waals surface area (Å²) in [4.78, 5) is 11.1. The Morgan fingerprint density at radius 1 is 1.00 bits per heavy atom.